The van der Waals surface area contributed by atoms with Crippen molar-refractivity contribution in [1.29, 1.82) is 0 Å². The molecule has 1 aliphatic rings. The second-order valence-electron chi connectivity index (χ2n) is 14.2. The van der Waals surface area contributed by atoms with Crippen LogP contribution in [0.3, 0.4) is 0 Å². The zero-order valence-corrected chi connectivity index (χ0v) is 31.2. The highest BCUT2D eigenvalue weighted by Gasteiger charge is 2.19. The van der Waals surface area contributed by atoms with Crippen LogP contribution in [0.5, 0.6) is 5.75 Å². The van der Waals surface area contributed by atoms with Gasteiger partial charge in [0.05, 0.1) is 34.2 Å². The number of hydrogen-bond donors (Lipinski definition) is 0. The Balaban J connectivity index is 0.000000153. The van der Waals surface area contributed by atoms with Crippen LogP contribution < -0.4 is 4.74 Å². The van der Waals surface area contributed by atoms with Crippen LogP contribution in [-0.2, 0) is 46.2 Å². The number of aryl methyl sites for hydroxylation is 9. The molecule has 5 aromatic carbocycles. The lowest BCUT2D eigenvalue weighted by Gasteiger charge is -2.17. The molecular weight excluding hydrogens is 681 g/mol. The van der Waals surface area contributed by atoms with Crippen molar-refractivity contribution in [1.82, 2.24) is 39.0 Å². The van der Waals surface area contributed by atoms with E-state index in [4.69, 9.17) is 34.6 Å². The maximum Gasteiger partial charge on any atom is 0.150 e. The lowest BCUT2D eigenvalue weighted by molar-refractivity contribution is 0.291. The molecular formula is C46H46N8O. The molecule has 0 saturated carbocycles. The van der Waals surface area contributed by atoms with Crippen molar-refractivity contribution in [2.24, 2.45) is 14.1 Å². The Morgan fingerprint density at radius 2 is 1.07 bits per heavy atom. The zero-order chi connectivity index (χ0) is 36.8. The van der Waals surface area contributed by atoms with Crippen molar-refractivity contribution in [3.05, 3.63) is 137 Å². The van der Waals surface area contributed by atoms with Gasteiger partial charge in [0, 0.05) is 67.3 Å². The minimum absolute atomic E-state index is 0. The van der Waals surface area contributed by atoms with Crippen molar-refractivity contribution < 1.29 is 4.74 Å². The number of imidazole rings is 2. The first kappa shape index (κ1) is 35.8. The van der Waals surface area contributed by atoms with Crippen LogP contribution >= 0.6 is 0 Å². The first-order valence-corrected chi connectivity index (χ1v) is 18.8. The minimum Gasteiger partial charge on any atom is -0.491 e. The molecule has 0 fully saturated rings. The van der Waals surface area contributed by atoms with Gasteiger partial charge in [0.2, 0.25) is 0 Å². The monoisotopic (exact) mass is 726 g/mol. The van der Waals surface area contributed by atoms with Gasteiger partial charge >= 0.3 is 0 Å². The molecule has 0 aliphatic carbocycles. The lowest BCUT2D eigenvalue weighted by atomic mass is 10.1. The van der Waals surface area contributed by atoms with Gasteiger partial charge in [-0.1, -0.05) is 80.2 Å². The summed E-state index contributed by atoms with van der Waals surface area (Å²) in [7, 11) is 4.17. The topological polar surface area (TPSA) is 96.4 Å². The van der Waals surface area contributed by atoms with Gasteiger partial charge in [-0.15, -0.1) is 0 Å². The fraction of sp³-hybridized carbons (Fsp3) is 0.261. The summed E-state index contributed by atoms with van der Waals surface area (Å²) in [6.45, 7) is 4.88. The molecule has 276 valence electrons. The molecule has 4 aromatic heterocycles. The van der Waals surface area contributed by atoms with Crippen LogP contribution in [0.25, 0.3) is 54.6 Å². The molecule has 9 nitrogen and oxygen atoms in total. The molecule has 10 rings (SSSR count). The van der Waals surface area contributed by atoms with E-state index in [1.807, 2.05) is 37.3 Å². The van der Waals surface area contributed by atoms with Gasteiger partial charge in [0.1, 0.15) is 34.6 Å². The third-order valence-corrected chi connectivity index (χ3v) is 10.7. The van der Waals surface area contributed by atoms with Crippen LogP contribution in [0, 0.1) is 13.8 Å². The van der Waals surface area contributed by atoms with Crippen LogP contribution in [0.2, 0.25) is 0 Å². The summed E-state index contributed by atoms with van der Waals surface area (Å²) in [6.07, 6.45) is 5.32. The number of rotatable bonds is 6. The average Bonchev–Trinajstić information content (AvgIpc) is 3.71. The van der Waals surface area contributed by atoms with Crippen LogP contribution in [0.4, 0.5) is 0 Å². The Labute approximate surface area is 321 Å². The summed E-state index contributed by atoms with van der Waals surface area (Å²) >= 11 is 0. The highest BCUT2D eigenvalue weighted by molar-refractivity contribution is 6.04. The number of nitrogens with zero attached hydrogens (tertiary/aromatic N) is 8. The van der Waals surface area contributed by atoms with E-state index < -0.39 is 0 Å². The number of para-hydroxylation sites is 2. The minimum atomic E-state index is 0. The predicted molar refractivity (Wildman–Crippen MR) is 223 cm³/mol. The molecule has 0 bridgehead atoms. The zero-order valence-electron chi connectivity index (χ0n) is 31.2. The summed E-state index contributed by atoms with van der Waals surface area (Å²) in [6, 6.07) is 33.4. The van der Waals surface area contributed by atoms with Crippen LogP contribution in [-0.4, -0.2) is 45.6 Å². The van der Waals surface area contributed by atoms with Gasteiger partial charge in [-0.2, -0.15) is 0 Å². The second kappa shape index (κ2) is 14.9. The SMILES string of the molecule is C.Cc1nc(CCc2nc3c4c(ccc3n2C)CCCO4)nc2ccccc12.Cc1nc(CCc2nc3c4ccccc4ccc3n2C)nc2ccccc12. The number of hydrogen-bond acceptors (Lipinski definition) is 7. The average molecular weight is 727 g/mol. The van der Waals surface area contributed by atoms with Gasteiger partial charge in [0.25, 0.3) is 0 Å². The van der Waals surface area contributed by atoms with E-state index in [0.717, 1.165) is 124 Å². The first-order valence-electron chi connectivity index (χ1n) is 18.8. The first-order chi connectivity index (χ1) is 26.4. The Bertz CT molecular complexity index is 2850. The molecule has 0 atom stereocenters. The van der Waals surface area contributed by atoms with Crippen molar-refractivity contribution in [2.45, 2.75) is 59.8 Å². The quantitative estimate of drug-likeness (QED) is 0.169. The van der Waals surface area contributed by atoms with Crippen molar-refractivity contribution >= 4 is 54.6 Å². The predicted octanol–water partition coefficient (Wildman–Crippen LogP) is 9.33. The normalized spacial score (nSPS) is 12.4. The molecule has 0 spiro atoms. The number of benzene rings is 5. The number of fused-ring (bicyclic) bond motifs is 8. The molecule has 0 amide bonds. The molecule has 1 aliphatic heterocycles. The molecule has 0 saturated heterocycles. The van der Waals surface area contributed by atoms with Crippen LogP contribution in [0.15, 0.2) is 97.1 Å². The van der Waals surface area contributed by atoms with Crippen molar-refractivity contribution in [2.75, 3.05) is 6.61 Å². The highest BCUT2D eigenvalue weighted by atomic mass is 16.5. The van der Waals surface area contributed by atoms with Crippen molar-refractivity contribution in [3.8, 4) is 5.75 Å². The van der Waals surface area contributed by atoms with Gasteiger partial charge < -0.3 is 13.9 Å². The third kappa shape index (κ3) is 6.75. The summed E-state index contributed by atoms with van der Waals surface area (Å²) in [5.74, 6) is 4.83. The number of aromatic nitrogens is 8. The Morgan fingerprint density at radius 3 is 1.71 bits per heavy atom. The van der Waals surface area contributed by atoms with E-state index >= 15 is 0 Å². The molecule has 9 heteroatoms. The molecule has 5 heterocycles. The van der Waals surface area contributed by atoms with E-state index in [2.05, 4.69) is 96.9 Å². The number of ether oxygens (including phenoxy) is 1. The van der Waals surface area contributed by atoms with Gasteiger partial charge in [-0.3, -0.25) is 0 Å². The highest BCUT2D eigenvalue weighted by Crippen LogP contribution is 2.33. The maximum atomic E-state index is 5.93. The Morgan fingerprint density at radius 1 is 0.545 bits per heavy atom. The summed E-state index contributed by atoms with van der Waals surface area (Å²) in [5, 5.41) is 4.67. The summed E-state index contributed by atoms with van der Waals surface area (Å²) in [4.78, 5) is 28.7. The maximum absolute atomic E-state index is 5.93. The smallest absolute Gasteiger partial charge is 0.150 e. The third-order valence-electron chi connectivity index (χ3n) is 10.7. The van der Waals surface area contributed by atoms with E-state index in [1.54, 1.807) is 0 Å². The molecule has 9 aromatic rings. The van der Waals surface area contributed by atoms with Gasteiger partial charge in [0.15, 0.2) is 0 Å². The van der Waals surface area contributed by atoms with E-state index in [-0.39, 0.29) is 7.43 Å². The second-order valence-corrected chi connectivity index (χ2v) is 14.2. The molecule has 0 unspecified atom stereocenters. The lowest BCUT2D eigenvalue weighted by Crippen LogP contribution is -2.08. The standard InChI is InChI=1S/C23H20N4.C22H22N4O.CH4/c1-15-17-8-5-6-10-19(17)25-21(24-15)13-14-22-26-23-18-9-4-3-7-16(18)11-12-20(23)27(22)2;1-14-16-7-3-4-8-17(16)24-19(23-14)11-12-20-25-21-18(26(20)2)10-9-15-6-5-13-27-22(15)21;/h3-12H,13-14H2,1-2H3;3-4,7-10H,5-6,11-13H2,1-2H3;1H4. The molecule has 0 N–H and O–H groups in total. The fourth-order valence-electron chi connectivity index (χ4n) is 7.80. The van der Waals surface area contributed by atoms with Gasteiger partial charge in [-0.25, -0.2) is 29.9 Å². The Hall–Kier alpha value is -6.22. The Kier molecular flexibility index (Phi) is 9.69. The summed E-state index contributed by atoms with van der Waals surface area (Å²) in [5.41, 5.74) is 9.70. The summed E-state index contributed by atoms with van der Waals surface area (Å²) < 4.78 is 10.3. The fourth-order valence-corrected chi connectivity index (χ4v) is 7.80. The van der Waals surface area contributed by atoms with E-state index in [1.165, 1.54) is 21.9 Å². The van der Waals surface area contributed by atoms with E-state index in [0.29, 0.717) is 0 Å². The largest absolute Gasteiger partial charge is 0.491 e. The van der Waals surface area contributed by atoms with Gasteiger partial charge in [-0.05, 0) is 61.9 Å². The van der Waals surface area contributed by atoms with Crippen LogP contribution in [0.1, 0.15) is 54.1 Å². The van der Waals surface area contributed by atoms with E-state index in [9.17, 15) is 0 Å². The van der Waals surface area contributed by atoms with Crippen molar-refractivity contribution in [3.63, 3.8) is 0 Å². The molecule has 0 radical (unpaired) electrons. The molecule has 55 heavy (non-hydrogen) atoms.